The molecule has 1 aromatic carbocycles. The molecule has 2 nitrogen and oxygen atoms in total. The topological polar surface area (TPSA) is 21.8 Å². The van der Waals surface area contributed by atoms with Crippen LogP contribution in [0.1, 0.15) is 11.7 Å². The van der Waals surface area contributed by atoms with Crippen molar-refractivity contribution >= 4 is 0 Å². The van der Waals surface area contributed by atoms with Crippen molar-refractivity contribution in [3.8, 4) is 5.75 Å². The summed E-state index contributed by atoms with van der Waals surface area (Å²) in [6, 6.07) is 3.63. The summed E-state index contributed by atoms with van der Waals surface area (Å²) in [5.41, 5.74) is 0.381. The molecule has 1 aliphatic heterocycles. The van der Waals surface area contributed by atoms with Gasteiger partial charge in [-0.3, -0.25) is 0 Å². The zero-order chi connectivity index (χ0) is 10.1. The van der Waals surface area contributed by atoms with Crippen LogP contribution >= 0.6 is 0 Å². The van der Waals surface area contributed by atoms with Crippen molar-refractivity contribution in [3.05, 3.63) is 29.6 Å². The molecular weight excluding hydrogens is 197 g/mol. The molecule has 0 N–H and O–H groups in total. The summed E-state index contributed by atoms with van der Waals surface area (Å²) < 4.78 is 45.6. The second-order valence-corrected chi connectivity index (χ2v) is 2.88. The maximum absolute atomic E-state index is 13.2. The Bertz CT molecular complexity index is 337. The van der Waals surface area contributed by atoms with Crippen LogP contribution in [0.3, 0.4) is 0 Å². The van der Waals surface area contributed by atoms with Crippen LogP contribution in [-0.4, -0.2) is 13.2 Å². The Balaban J connectivity index is 2.17. The van der Waals surface area contributed by atoms with Crippen LogP contribution in [0, 0.1) is 5.82 Å². The van der Waals surface area contributed by atoms with E-state index in [1.807, 2.05) is 0 Å². The van der Waals surface area contributed by atoms with Crippen molar-refractivity contribution in [2.75, 3.05) is 6.61 Å². The monoisotopic (exact) mass is 204 g/mol. The van der Waals surface area contributed by atoms with Gasteiger partial charge in [0.15, 0.2) is 0 Å². The molecule has 1 aromatic rings. The first-order valence-electron chi connectivity index (χ1n) is 4.02. The number of alkyl halides is 2. The van der Waals surface area contributed by atoms with Gasteiger partial charge in [0.2, 0.25) is 0 Å². The third-order valence-electron chi connectivity index (χ3n) is 1.88. The van der Waals surface area contributed by atoms with Crippen molar-refractivity contribution in [1.82, 2.24) is 0 Å². The lowest BCUT2D eigenvalue weighted by Crippen LogP contribution is -2.02. The number of rotatable bonds is 3. The molecule has 0 radical (unpaired) electrons. The molecule has 0 aliphatic carbocycles. The van der Waals surface area contributed by atoms with Crippen molar-refractivity contribution in [3.63, 3.8) is 0 Å². The number of epoxide rings is 1. The van der Waals surface area contributed by atoms with E-state index in [2.05, 4.69) is 4.74 Å². The summed E-state index contributed by atoms with van der Waals surface area (Å²) >= 11 is 0. The minimum atomic E-state index is -2.93. The second-order valence-electron chi connectivity index (χ2n) is 2.88. The minimum Gasteiger partial charge on any atom is -0.435 e. The van der Waals surface area contributed by atoms with Gasteiger partial charge in [-0.15, -0.1) is 0 Å². The zero-order valence-electron chi connectivity index (χ0n) is 7.04. The molecule has 1 unspecified atom stereocenters. The molecule has 1 aliphatic rings. The number of hydrogen-bond acceptors (Lipinski definition) is 2. The van der Waals surface area contributed by atoms with Gasteiger partial charge in [0, 0.05) is 11.6 Å². The highest BCUT2D eigenvalue weighted by atomic mass is 19.3. The molecule has 14 heavy (non-hydrogen) atoms. The Morgan fingerprint density at radius 1 is 1.43 bits per heavy atom. The molecule has 1 atom stereocenters. The lowest BCUT2D eigenvalue weighted by molar-refractivity contribution is -0.0500. The van der Waals surface area contributed by atoms with Gasteiger partial charge in [0.25, 0.3) is 0 Å². The molecule has 5 heteroatoms. The highest BCUT2D eigenvalue weighted by molar-refractivity contribution is 5.31. The predicted octanol–water partition coefficient (Wildman–Crippen LogP) is 2.50. The highest BCUT2D eigenvalue weighted by Gasteiger charge is 2.28. The van der Waals surface area contributed by atoms with Gasteiger partial charge >= 0.3 is 6.61 Å². The molecule has 2 rings (SSSR count). The summed E-state index contributed by atoms with van der Waals surface area (Å²) in [6.07, 6.45) is -0.226. The van der Waals surface area contributed by atoms with E-state index < -0.39 is 12.4 Å². The van der Waals surface area contributed by atoms with E-state index in [9.17, 15) is 13.2 Å². The Labute approximate surface area is 78.2 Å². The third-order valence-corrected chi connectivity index (χ3v) is 1.88. The lowest BCUT2D eigenvalue weighted by atomic mass is 10.1. The van der Waals surface area contributed by atoms with E-state index in [0.29, 0.717) is 12.2 Å². The maximum atomic E-state index is 13.2. The van der Waals surface area contributed by atoms with Crippen LogP contribution in [0.4, 0.5) is 13.2 Å². The molecule has 1 saturated heterocycles. The SMILES string of the molecule is Fc1cc(OC(F)F)ccc1C1CO1. The molecule has 1 fully saturated rings. The van der Waals surface area contributed by atoms with Crippen LogP contribution in [-0.2, 0) is 4.74 Å². The average molecular weight is 204 g/mol. The van der Waals surface area contributed by atoms with Crippen molar-refractivity contribution in [2.45, 2.75) is 12.7 Å². The van der Waals surface area contributed by atoms with E-state index >= 15 is 0 Å². The molecule has 0 spiro atoms. The van der Waals surface area contributed by atoms with Crippen molar-refractivity contribution in [1.29, 1.82) is 0 Å². The average Bonchev–Trinajstić information content (AvgIpc) is 2.86. The smallest absolute Gasteiger partial charge is 0.387 e. The lowest BCUT2D eigenvalue weighted by Gasteiger charge is -2.05. The van der Waals surface area contributed by atoms with Crippen LogP contribution < -0.4 is 4.74 Å². The molecule has 76 valence electrons. The van der Waals surface area contributed by atoms with E-state index in [0.717, 1.165) is 6.07 Å². The maximum Gasteiger partial charge on any atom is 0.387 e. The van der Waals surface area contributed by atoms with Crippen LogP contribution in [0.5, 0.6) is 5.75 Å². The van der Waals surface area contributed by atoms with E-state index in [1.54, 1.807) is 0 Å². The summed E-state index contributed by atoms with van der Waals surface area (Å²) in [4.78, 5) is 0. The quantitative estimate of drug-likeness (QED) is 0.705. The summed E-state index contributed by atoms with van der Waals surface area (Å²) in [6.45, 7) is -2.45. The van der Waals surface area contributed by atoms with Gasteiger partial charge in [0.1, 0.15) is 17.7 Å². The molecule has 0 saturated carbocycles. The number of halogens is 3. The summed E-state index contributed by atoms with van der Waals surface area (Å²) in [5, 5.41) is 0. The van der Waals surface area contributed by atoms with E-state index in [4.69, 9.17) is 4.74 Å². The normalized spacial score (nSPS) is 19.9. The van der Waals surface area contributed by atoms with Gasteiger partial charge in [-0.25, -0.2) is 4.39 Å². The Morgan fingerprint density at radius 3 is 2.64 bits per heavy atom. The number of ether oxygens (including phenoxy) is 2. The molecular formula is C9H7F3O2. The Morgan fingerprint density at radius 2 is 2.14 bits per heavy atom. The standard InChI is InChI=1S/C9H7F3O2/c10-7-3-5(14-9(11)12)1-2-6(7)8-4-13-8/h1-3,8-9H,4H2. The van der Waals surface area contributed by atoms with Crippen LogP contribution in [0.2, 0.25) is 0 Å². The molecule has 1 heterocycles. The Hall–Kier alpha value is -1.23. The van der Waals surface area contributed by atoms with Gasteiger partial charge in [-0.05, 0) is 12.1 Å². The Kier molecular flexibility index (Phi) is 2.33. The second kappa shape index (κ2) is 3.49. The van der Waals surface area contributed by atoms with E-state index in [-0.39, 0.29) is 11.9 Å². The van der Waals surface area contributed by atoms with Crippen molar-refractivity contribution < 1.29 is 22.6 Å². The number of benzene rings is 1. The zero-order valence-corrected chi connectivity index (χ0v) is 7.04. The van der Waals surface area contributed by atoms with Crippen LogP contribution in [0.25, 0.3) is 0 Å². The van der Waals surface area contributed by atoms with Gasteiger partial charge in [-0.2, -0.15) is 8.78 Å². The van der Waals surface area contributed by atoms with E-state index in [1.165, 1.54) is 12.1 Å². The van der Waals surface area contributed by atoms with Crippen molar-refractivity contribution in [2.24, 2.45) is 0 Å². The first-order chi connectivity index (χ1) is 6.66. The van der Waals surface area contributed by atoms with Gasteiger partial charge in [-0.1, -0.05) is 0 Å². The van der Waals surface area contributed by atoms with Crippen LogP contribution in [0.15, 0.2) is 18.2 Å². The fraction of sp³-hybridized carbons (Fsp3) is 0.333. The first-order valence-corrected chi connectivity index (χ1v) is 4.02. The van der Waals surface area contributed by atoms with Gasteiger partial charge in [0.05, 0.1) is 6.61 Å². The van der Waals surface area contributed by atoms with Gasteiger partial charge < -0.3 is 9.47 Å². The number of hydrogen-bond donors (Lipinski definition) is 0. The highest BCUT2D eigenvalue weighted by Crippen LogP contribution is 2.33. The minimum absolute atomic E-state index is 0.179. The largest absolute Gasteiger partial charge is 0.435 e. The third kappa shape index (κ3) is 1.98. The summed E-state index contributed by atoms with van der Waals surface area (Å²) in [7, 11) is 0. The fourth-order valence-corrected chi connectivity index (χ4v) is 1.17. The molecule has 0 amide bonds. The summed E-state index contributed by atoms with van der Waals surface area (Å²) in [5.74, 6) is -0.757. The fourth-order valence-electron chi connectivity index (χ4n) is 1.17. The molecule has 0 aromatic heterocycles. The first kappa shape index (κ1) is 9.33. The predicted molar refractivity (Wildman–Crippen MR) is 41.7 cm³/mol. The molecule has 0 bridgehead atoms.